The summed E-state index contributed by atoms with van der Waals surface area (Å²) in [6, 6.07) is 28.5. The van der Waals surface area contributed by atoms with Crippen LogP contribution >= 0.6 is 0 Å². The van der Waals surface area contributed by atoms with Crippen LogP contribution in [0.2, 0.25) is 0 Å². The predicted octanol–water partition coefficient (Wildman–Crippen LogP) is 5.73. The molecule has 0 aromatic heterocycles. The van der Waals surface area contributed by atoms with Gasteiger partial charge in [0, 0.05) is 5.39 Å². The molecule has 0 atom stereocenters. The van der Waals surface area contributed by atoms with Gasteiger partial charge in [0.25, 0.3) is 11.8 Å². The van der Waals surface area contributed by atoms with Crippen molar-refractivity contribution in [3.05, 3.63) is 114 Å². The van der Waals surface area contributed by atoms with Crippen LogP contribution in [0.5, 0.6) is 0 Å². The molecule has 0 saturated carbocycles. The number of anilines is 2. The molecule has 160 valence electrons. The zero-order valence-corrected chi connectivity index (χ0v) is 17.9. The summed E-state index contributed by atoms with van der Waals surface area (Å²) >= 11 is 0. The molecule has 5 nitrogen and oxygen atoms in total. The van der Waals surface area contributed by atoms with Crippen LogP contribution in [-0.2, 0) is 9.59 Å². The maximum Gasteiger partial charge on any atom is 0.343 e. The molecule has 33 heavy (non-hydrogen) atoms. The van der Waals surface area contributed by atoms with E-state index in [0.29, 0.717) is 16.9 Å². The van der Waals surface area contributed by atoms with Crippen molar-refractivity contribution in [3.63, 3.8) is 0 Å². The largest absolute Gasteiger partial charge is 0.343 e. The summed E-state index contributed by atoms with van der Waals surface area (Å²) in [6.07, 6.45) is 1.54. The van der Waals surface area contributed by atoms with E-state index in [0.717, 1.165) is 26.1 Å². The number of carbonyl (C=O) groups is 3. The number of fused-ring (bicyclic) bond motifs is 1. The second-order valence-corrected chi connectivity index (χ2v) is 7.87. The van der Waals surface area contributed by atoms with Gasteiger partial charge in [0.15, 0.2) is 0 Å². The number of hydrogen-bond donors (Lipinski definition) is 0. The molecule has 5 rings (SSSR count). The standard InChI is InChI=1S/C28H20N2O3/c1-19-9-7-14-22(17-19)29-26(31)24(18-20-10-3-2-4-11-20)27(32)30(28(29)33)25-16-8-13-21-12-5-6-15-23(21)25/h2-18H,1H3/b24-18+. The lowest BCUT2D eigenvalue weighted by Crippen LogP contribution is -2.57. The highest BCUT2D eigenvalue weighted by atomic mass is 16.2. The molecule has 4 aromatic carbocycles. The third kappa shape index (κ3) is 3.59. The van der Waals surface area contributed by atoms with Gasteiger partial charge >= 0.3 is 6.03 Å². The summed E-state index contributed by atoms with van der Waals surface area (Å²) in [7, 11) is 0. The van der Waals surface area contributed by atoms with Crippen LogP contribution in [0, 0.1) is 6.92 Å². The number of imide groups is 2. The summed E-state index contributed by atoms with van der Waals surface area (Å²) in [6.45, 7) is 1.89. The molecule has 1 heterocycles. The maximum atomic E-state index is 13.7. The molecule has 0 bridgehead atoms. The number of carbonyl (C=O) groups excluding carboxylic acids is 3. The van der Waals surface area contributed by atoms with Crippen molar-refractivity contribution in [1.82, 2.24) is 0 Å². The number of rotatable bonds is 3. The zero-order valence-electron chi connectivity index (χ0n) is 17.9. The molecule has 1 aliphatic heterocycles. The molecule has 0 spiro atoms. The molecule has 1 aliphatic rings. The molecule has 4 aromatic rings. The molecule has 1 saturated heterocycles. The minimum Gasteiger partial charge on any atom is -0.268 e. The van der Waals surface area contributed by atoms with Crippen LogP contribution < -0.4 is 9.80 Å². The van der Waals surface area contributed by atoms with E-state index in [4.69, 9.17) is 0 Å². The number of amides is 4. The van der Waals surface area contributed by atoms with E-state index in [2.05, 4.69) is 0 Å². The van der Waals surface area contributed by atoms with Gasteiger partial charge < -0.3 is 0 Å². The normalized spacial score (nSPS) is 15.5. The number of nitrogens with zero attached hydrogens (tertiary/aromatic N) is 2. The molecule has 0 radical (unpaired) electrons. The molecule has 0 unspecified atom stereocenters. The summed E-state index contributed by atoms with van der Waals surface area (Å²) < 4.78 is 0. The fourth-order valence-electron chi connectivity index (χ4n) is 4.06. The Morgan fingerprint density at radius 1 is 0.667 bits per heavy atom. The van der Waals surface area contributed by atoms with E-state index in [-0.39, 0.29) is 5.57 Å². The molecular formula is C28H20N2O3. The van der Waals surface area contributed by atoms with Crippen molar-refractivity contribution in [2.45, 2.75) is 6.92 Å². The number of hydrogen-bond acceptors (Lipinski definition) is 3. The second kappa shape index (κ2) is 8.20. The summed E-state index contributed by atoms with van der Waals surface area (Å²) in [4.78, 5) is 43.0. The SMILES string of the molecule is Cc1cccc(N2C(=O)/C(=C\c3ccccc3)C(=O)N(c3cccc4ccccc34)C2=O)c1. The Hall–Kier alpha value is -4.51. The first-order chi connectivity index (χ1) is 16.0. The third-order valence-electron chi connectivity index (χ3n) is 5.63. The Labute approximate surface area is 191 Å². The Kier molecular flexibility index (Phi) is 5.07. The summed E-state index contributed by atoms with van der Waals surface area (Å²) in [5.74, 6) is -1.29. The predicted molar refractivity (Wildman–Crippen MR) is 130 cm³/mol. The van der Waals surface area contributed by atoms with Gasteiger partial charge in [0.05, 0.1) is 11.4 Å². The van der Waals surface area contributed by atoms with Gasteiger partial charge in [-0.1, -0.05) is 78.9 Å². The smallest absolute Gasteiger partial charge is 0.268 e. The van der Waals surface area contributed by atoms with Gasteiger partial charge in [-0.15, -0.1) is 0 Å². The Balaban J connectivity index is 1.73. The molecule has 4 amide bonds. The van der Waals surface area contributed by atoms with Crippen molar-refractivity contribution < 1.29 is 14.4 Å². The third-order valence-corrected chi connectivity index (χ3v) is 5.63. The Bertz CT molecular complexity index is 1430. The van der Waals surface area contributed by atoms with Crippen molar-refractivity contribution in [2.24, 2.45) is 0 Å². The fourth-order valence-corrected chi connectivity index (χ4v) is 4.06. The van der Waals surface area contributed by atoms with Gasteiger partial charge in [0.1, 0.15) is 5.57 Å². The van der Waals surface area contributed by atoms with Crippen molar-refractivity contribution in [3.8, 4) is 0 Å². The van der Waals surface area contributed by atoms with Gasteiger partial charge in [-0.2, -0.15) is 0 Å². The van der Waals surface area contributed by atoms with Crippen LogP contribution in [-0.4, -0.2) is 17.8 Å². The van der Waals surface area contributed by atoms with E-state index in [1.807, 2.05) is 73.7 Å². The Morgan fingerprint density at radius 3 is 2.12 bits per heavy atom. The van der Waals surface area contributed by atoms with Gasteiger partial charge in [-0.05, 0) is 47.7 Å². The molecule has 0 N–H and O–H groups in total. The first-order valence-electron chi connectivity index (χ1n) is 10.6. The molecule has 1 fully saturated rings. The van der Waals surface area contributed by atoms with Crippen LogP contribution in [0.4, 0.5) is 16.2 Å². The van der Waals surface area contributed by atoms with Crippen molar-refractivity contribution in [2.75, 3.05) is 9.80 Å². The van der Waals surface area contributed by atoms with Gasteiger partial charge in [-0.25, -0.2) is 14.6 Å². The minimum atomic E-state index is -0.697. The monoisotopic (exact) mass is 432 g/mol. The van der Waals surface area contributed by atoms with Crippen LogP contribution in [0.25, 0.3) is 16.8 Å². The lowest BCUT2D eigenvalue weighted by Gasteiger charge is -2.34. The summed E-state index contributed by atoms with van der Waals surface area (Å²) in [5.41, 5.74) is 2.38. The fraction of sp³-hybridized carbons (Fsp3) is 0.0357. The first-order valence-corrected chi connectivity index (χ1v) is 10.6. The molecular weight excluding hydrogens is 412 g/mol. The van der Waals surface area contributed by atoms with E-state index in [9.17, 15) is 14.4 Å². The van der Waals surface area contributed by atoms with E-state index in [1.165, 1.54) is 6.08 Å². The highest BCUT2D eigenvalue weighted by Crippen LogP contribution is 2.34. The van der Waals surface area contributed by atoms with Crippen LogP contribution in [0.1, 0.15) is 11.1 Å². The molecule has 5 heteroatoms. The van der Waals surface area contributed by atoms with Crippen LogP contribution in [0.15, 0.2) is 103 Å². The van der Waals surface area contributed by atoms with Gasteiger partial charge in [0.2, 0.25) is 0 Å². The highest BCUT2D eigenvalue weighted by Gasteiger charge is 2.44. The maximum absolute atomic E-state index is 13.7. The lowest BCUT2D eigenvalue weighted by molar-refractivity contribution is -0.121. The zero-order chi connectivity index (χ0) is 22.9. The van der Waals surface area contributed by atoms with Gasteiger partial charge in [-0.3, -0.25) is 9.59 Å². The van der Waals surface area contributed by atoms with Crippen molar-refractivity contribution in [1.29, 1.82) is 0 Å². The second-order valence-electron chi connectivity index (χ2n) is 7.87. The number of urea groups is 1. The topological polar surface area (TPSA) is 57.7 Å². The summed E-state index contributed by atoms with van der Waals surface area (Å²) in [5, 5.41) is 1.64. The average molecular weight is 432 g/mol. The first kappa shape index (κ1) is 20.4. The van der Waals surface area contributed by atoms with Crippen molar-refractivity contribution >= 4 is 46.1 Å². The van der Waals surface area contributed by atoms with E-state index >= 15 is 0 Å². The Morgan fingerprint density at radius 2 is 1.33 bits per heavy atom. The minimum absolute atomic E-state index is 0.0739. The number of benzene rings is 4. The highest BCUT2D eigenvalue weighted by molar-refractivity contribution is 6.46. The quantitative estimate of drug-likeness (QED) is 0.307. The number of barbiturate groups is 1. The average Bonchev–Trinajstić information content (AvgIpc) is 2.83. The van der Waals surface area contributed by atoms with E-state index < -0.39 is 17.8 Å². The van der Waals surface area contributed by atoms with E-state index in [1.54, 1.807) is 30.3 Å². The lowest BCUT2D eigenvalue weighted by atomic mass is 10.0. The number of aryl methyl sites for hydroxylation is 1. The van der Waals surface area contributed by atoms with Crippen LogP contribution in [0.3, 0.4) is 0 Å². The molecule has 0 aliphatic carbocycles.